The average Bonchev–Trinajstić information content (AvgIpc) is 2.35. The van der Waals surface area contributed by atoms with E-state index in [-0.39, 0.29) is 0 Å². The first-order valence-electron chi connectivity index (χ1n) is 6.62. The summed E-state index contributed by atoms with van der Waals surface area (Å²) in [4.78, 5) is 11.2. The number of aromatic nitrogens is 2. The number of hydrogen-bond donors (Lipinski definition) is 1. The molecule has 1 aromatic rings. The normalized spacial score (nSPS) is 10.4. The number of anilines is 1. The van der Waals surface area contributed by atoms with E-state index in [9.17, 15) is 0 Å². The highest BCUT2D eigenvalue weighted by molar-refractivity contribution is 5.33. The first-order chi connectivity index (χ1) is 8.71. The molecule has 1 N–H and O–H groups in total. The Hall–Kier alpha value is -1.42. The third-order valence-corrected chi connectivity index (χ3v) is 2.64. The highest BCUT2D eigenvalue weighted by Crippen LogP contribution is 2.10. The minimum Gasteiger partial charge on any atom is -0.337 e. The zero-order chi connectivity index (χ0) is 13.4. The minimum atomic E-state index is 0.780. The first-order valence-corrected chi connectivity index (χ1v) is 6.62. The van der Waals surface area contributed by atoms with Crippen LogP contribution in [0.4, 0.5) is 5.95 Å². The van der Waals surface area contributed by atoms with E-state index in [2.05, 4.69) is 40.6 Å². The summed E-state index contributed by atoms with van der Waals surface area (Å²) in [5.74, 6) is 0.797. The van der Waals surface area contributed by atoms with Crippen LogP contribution in [0.2, 0.25) is 0 Å². The van der Waals surface area contributed by atoms with E-state index in [0.717, 1.165) is 49.9 Å². The van der Waals surface area contributed by atoms with Crippen molar-refractivity contribution < 1.29 is 0 Å². The van der Waals surface area contributed by atoms with Gasteiger partial charge in [-0.3, -0.25) is 0 Å². The number of rotatable bonds is 8. The Morgan fingerprint density at radius 3 is 2.78 bits per heavy atom. The van der Waals surface area contributed by atoms with Crippen LogP contribution in [0.5, 0.6) is 0 Å². The first kappa shape index (κ1) is 14.6. The molecule has 0 fully saturated rings. The van der Waals surface area contributed by atoms with Crippen molar-refractivity contribution in [1.82, 2.24) is 15.3 Å². The standard InChI is InChI=1S/C14H24N4/c1-5-8-15-11-13-10-12(4)16-14(17-13)18(7-3)9-6-2/h6,10,15H,2,5,7-9,11H2,1,3-4H3. The highest BCUT2D eigenvalue weighted by atomic mass is 15.2. The molecule has 1 rings (SSSR count). The Bertz CT molecular complexity index is 376. The molecule has 0 radical (unpaired) electrons. The smallest absolute Gasteiger partial charge is 0.226 e. The van der Waals surface area contributed by atoms with Crippen molar-refractivity contribution in [2.45, 2.75) is 33.7 Å². The summed E-state index contributed by atoms with van der Waals surface area (Å²) >= 11 is 0. The van der Waals surface area contributed by atoms with Crippen molar-refractivity contribution in [2.24, 2.45) is 0 Å². The van der Waals surface area contributed by atoms with Gasteiger partial charge in [0.1, 0.15) is 0 Å². The second-order valence-corrected chi connectivity index (χ2v) is 4.30. The van der Waals surface area contributed by atoms with Crippen LogP contribution >= 0.6 is 0 Å². The molecule has 0 unspecified atom stereocenters. The molecule has 0 aliphatic carbocycles. The van der Waals surface area contributed by atoms with Crippen molar-refractivity contribution in [3.05, 3.63) is 30.1 Å². The van der Waals surface area contributed by atoms with Gasteiger partial charge in [-0.2, -0.15) is 0 Å². The summed E-state index contributed by atoms with van der Waals surface area (Å²) < 4.78 is 0. The molecule has 0 bridgehead atoms. The minimum absolute atomic E-state index is 0.780. The molecule has 4 heteroatoms. The molecule has 18 heavy (non-hydrogen) atoms. The summed E-state index contributed by atoms with van der Waals surface area (Å²) in [6.07, 6.45) is 3.01. The predicted octanol–water partition coefficient (Wildman–Crippen LogP) is 2.30. The van der Waals surface area contributed by atoms with Gasteiger partial charge in [-0.05, 0) is 32.9 Å². The zero-order valence-electron chi connectivity index (χ0n) is 11.7. The molecule has 100 valence electrons. The number of likely N-dealkylation sites (N-methyl/N-ethyl adjacent to an activating group) is 1. The second-order valence-electron chi connectivity index (χ2n) is 4.30. The van der Waals surface area contributed by atoms with Gasteiger partial charge in [-0.1, -0.05) is 13.0 Å². The van der Waals surface area contributed by atoms with Gasteiger partial charge in [-0.25, -0.2) is 9.97 Å². The van der Waals surface area contributed by atoms with E-state index in [0.29, 0.717) is 0 Å². The van der Waals surface area contributed by atoms with Gasteiger partial charge in [0.15, 0.2) is 0 Å². The molecule has 0 amide bonds. The van der Waals surface area contributed by atoms with Crippen LogP contribution in [0.3, 0.4) is 0 Å². The van der Waals surface area contributed by atoms with E-state index < -0.39 is 0 Å². The van der Waals surface area contributed by atoms with Crippen LogP contribution in [0.1, 0.15) is 31.7 Å². The predicted molar refractivity (Wildman–Crippen MR) is 76.9 cm³/mol. The van der Waals surface area contributed by atoms with E-state index in [1.807, 2.05) is 19.1 Å². The Morgan fingerprint density at radius 2 is 2.17 bits per heavy atom. The van der Waals surface area contributed by atoms with E-state index in [1.165, 1.54) is 0 Å². The van der Waals surface area contributed by atoms with Gasteiger partial charge >= 0.3 is 0 Å². The van der Waals surface area contributed by atoms with Crippen LogP contribution < -0.4 is 10.2 Å². The number of nitrogens with zero attached hydrogens (tertiary/aromatic N) is 3. The summed E-state index contributed by atoms with van der Waals surface area (Å²) in [5, 5.41) is 3.37. The molecule has 1 aromatic heterocycles. The van der Waals surface area contributed by atoms with Crippen molar-refractivity contribution in [1.29, 1.82) is 0 Å². The molecule has 0 atom stereocenters. The molecular weight excluding hydrogens is 224 g/mol. The largest absolute Gasteiger partial charge is 0.337 e. The Morgan fingerprint density at radius 1 is 1.39 bits per heavy atom. The summed E-state index contributed by atoms with van der Waals surface area (Å²) in [6.45, 7) is 13.5. The Labute approximate surface area is 110 Å². The van der Waals surface area contributed by atoms with Gasteiger partial charge in [0, 0.05) is 25.3 Å². The van der Waals surface area contributed by atoms with E-state index in [4.69, 9.17) is 0 Å². The van der Waals surface area contributed by atoms with Gasteiger partial charge in [-0.15, -0.1) is 6.58 Å². The van der Waals surface area contributed by atoms with Gasteiger partial charge in [0.05, 0.1) is 5.69 Å². The lowest BCUT2D eigenvalue weighted by Gasteiger charge is -2.19. The molecule has 0 aromatic carbocycles. The molecule has 0 saturated heterocycles. The molecule has 0 aliphatic rings. The van der Waals surface area contributed by atoms with Crippen molar-refractivity contribution >= 4 is 5.95 Å². The summed E-state index contributed by atoms with van der Waals surface area (Å²) in [5.41, 5.74) is 2.06. The van der Waals surface area contributed by atoms with Crippen molar-refractivity contribution in [3.8, 4) is 0 Å². The van der Waals surface area contributed by atoms with E-state index in [1.54, 1.807) is 0 Å². The molecule has 0 spiro atoms. The lowest BCUT2D eigenvalue weighted by Crippen LogP contribution is -2.26. The van der Waals surface area contributed by atoms with Gasteiger partial charge in [0.2, 0.25) is 5.95 Å². The fraction of sp³-hybridized carbons (Fsp3) is 0.571. The third-order valence-electron chi connectivity index (χ3n) is 2.64. The number of aryl methyl sites for hydroxylation is 1. The van der Waals surface area contributed by atoms with Gasteiger partial charge in [0.25, 0.3) is 0 Å². The van der Waals surface area contributed by atoms with E-state index >= 15 is 0 Å². The fourth-order valence-electron chi connectivity index (χ4n) is 1.75. The van der Waals surface area contributed by atoms with Crippen LogP contribution in [0, 0.1) is 6.92 Å². The monoisotopic (exact) mass is 248 g/mol. The van der Waals surface area contributed by atoms with Crippen LogP contribution in [0.25, 0.3) is 0 Å². The third kappa shape index (κ3) is 4.45. The summed E-state index contributed by atoms with van der Waals surface area (Å²) in [6, 6.07) is 2.04. The summed E-state index contributed by atoms with van der Waals surface area (Å²) in [7, 11) is 0. The topological polar surface area (TPSA) is 41.1 Å². The average molecular weight is 248 g/mol. The lowest BCUT2D eigenvalue weighted by molar-refractivity contribution is 0.660. The molecule has 1 heterocycles. The fourth-order valence-corrected chi connectivity index (χ4v) is 1.75. The maximum atomic E-state index is 4.60. The molecular formula is C14H24N4. The van der Waals surface area contributed by atoms with Crippen molar-refractivity contribution in [3.63, 3.8) is 0 Å². The van der Waals surface area contributed by atoms with Gasteiger partial charge < -0.3 is 10.2 Å². The molecule has 0 saturated carbocycles. The Kier molecular flexibility index (Phi) is 6.36. The SMILES string of the molecule is C=CCN(CC)c1nc(C)cc(CNCCC)n1. The number of nitrogens with one attached hydrogen (secondary N) is 1. The Balaban J connectivity index is 2.81. The van der Waals surface area contributed by atoms with Crippen LogP contribution in [-0.4, -0.2) is 29.6 Å². The van der Waals surface area contributed by atoms with Crippen LogP contribution in [-0.2, 0) is 6.54 Å². The quantitative estimate of drug-likeness (QED) is 0.566. The maximum Gasteiger partial charge on any atom is 0.226 e. The van der Waals surface area contributed by atoms with Crippen molar-refractivity contribution in [2.75, 3.05) is 24.5 Å². The molecule has 4 nitrogen and oxygen atoms in total. The molecule has 0 aliphatic heterocycles. The lowest BCUT2D eigenvalue weighted by atomic mass is 10.3. The number of hydrogen-bond acceptors (Lipinski definition) is 4. The maximum absolute atomic E-state index is 4.60. The second kappa shape index (κ2) is 7.82. The highest BCUT2D eigenvalue weighted by Gasteiger charge is 2.08. The van der Waals surface area contributed by atoms with Crippen LogP contribution in [0.15, 0.2) is 18.7 Å². The zero-order valence-corrected chi connectivity index (χ0v) is 11.7.